The summed E-state index contributed by atoms with van der Waals surface area (Å²) in [5.74, 6) is 3.62. The van der Waals surface area contributed by atoms with Gasteiger partial charge in [-0.2, -0.15) is 4.98 Å². The van der Waals surface area contributed by atoms with Gasteiger partial charge in [-0.25, -0.2) is 13.8 Å². The molecule has 4 N–H and O–H groups in total. The number of rotatable bonds is 6. The van der Waals surface area contributed by atoms with Gasteiger partial charge in [0.15, 0.2) is 17.4 Å². The molecule has 0 spiro atoms. The molecule has 0 aliphatic carbocycles. The molecule has 4 atom stereocenters. The number of fused-ring (bicyclic) bond motifs is 2. The molecule has 12 heteroatoms. The number of imidazole rings is 1. The molecule has 0 amide bonds. The molecule has 2 aliphatic rings. The molecule has 1 aromatic carbocycles. The Morgan fingerprint density at radius 3 is 2.74 bits per heavy atom. The Bertz CT molecular complexity index is 1440. The highest BCUT2D eigenvalue weighted by atomic mass is 35.5. The van der Waals surface area contributed by atoms with Gasteiger partial charge in [-0.1, -0.05) is 36.1 Å². The molecule has 2 aliphatic heterocycles. The van der Waals surface area contributed by atoms with E-state index in [2.05, 4.69) is 38.7 Å². The van der Waals surface area contributed by atoms with Gasteiger partial charge < -0.3 is 34.7 Å². The standard InChI is InChI=1S/C26H25ClF2N4O5/c1-4-26-20(12-36-21(26)19(34)11-37-26)38-24-31-18-9-15(27)22(32-23(18)33-24)30-10-14-16(28)7-13(8-17(14)29)5-6-25(2,3)35/h4,7-9,19-21,34-35H,1,10-12H2,2-3H3,(H2,30,31,32,33)/t19-,20-,21-,26-/m1/s1. The van der Waals surface area contributed by atoms with E-state index >= 15 is 0 Å². The Morgan fingerprint density at radius 1 is 1.32 bits per heavy atom. The van der Waals surface area contributed by atoms with E-state index in [1.807, 2.05) is 0 Å². The van der Waals surface area contributed by atoms with Crippen LogP contribution >= 0.6 is 11.6 Å². The fourth-order valence-corrected chi connectivity index (χ4v) is 4.64. The van der Waals surface area contributed by atoms with Gasteiger partial charge in [0.05, 0.1) is 23.8 Å². The lowest BCUT2D eigenvalue weighted by molar-refractivity contribution is -0.0324. The van der Waals surface area contributed by atoms with Gasteiger partial charge in [0.25, 0.3) is 6.01 Å². The highest BCUT2D eigenvalue weighted by Crippen LogP contribution is 2.40. The van der Waals surface area contributed by atoms with Crippen LogP contribution in [0.5, 0.6) is 6.01 Å². The smallest absolute Gasteiger partial charge is 0.296 e. The molecular formula is C26H25ClF2N4O5. The minimum absolute atomic E-state index is 0.0982. The lowest BCUT2D eigenvalue weighted by Crippen LogP contribution is -2.47. The number of aliphatic hydroxyl groups is 2. The van der Waals surface area contributed by atoms with Gasteiger partial charge in [-0.05, 0) is 32.0 Å². The van der Waals surface area contributed by atoms with E-state index in [0.717, 1.165) is 12.1 Å². The third kappa shape index (κ3) is 4.93. The molecular weight excluding hydrogens is 522 g/mol. The molecule has 0 bridgehead atoms. The van der Waals surface area contributed by atoms with E-state index in [1.54, 1.807) is 12.1 Å². The van der Waals surface area contributed by atoms with E-state index in [0.29, 0.717) is 5.52 Å². The average molecular weight is 547 g/mol. The zero-order valence-corrected chi connectivity index (χ0v) is 21.3. The summed E-state index contributed by atoms with van der Waals surface area (Å²) in [4.78, 5) is 11.7. The molecule has 5 rings (SSSR count). The first-order chi connectivity index (χ1) is 18.0. The van der Waals surface area contributed by atoms with Crippen LogP contribution in [0.3, 0.4) is 0 Å². The number of anilines is 1. The van der Waals surface area contributed by atoms with Gasteiger partial charge in [0, 0.05) is 17.7 Å². The molecule has 38 heavy (non-hydrogen) atoms. The Morgan fingerprint density at radius 2 is 2.05 bits per heavy atom. The van der Waals surface area contributed by atoms with Gasteiger partial charge in [0.2, 0.25) is 0 Å². The van der Waals surface area contributed by atoms with E-state index in [4.69, 9.17) is 25.8 Å². The second kappa shape index (κ2) is 9.80. The van der Waals surface area contributed by atoms with Crippen molar-refractivity contribution >= 4 is 28.6 Å². The minimum Gasteiger partial charge on any atom is -0.455 e. The van der Waals surface area contributed by atoms with Crippen LogP contribution in [0.15, 0.2) is 30.9 Å². The molecule has 9 nitrogen and oxygen atoms in total. The molecule has 3 aromatic rings. The number of nitrogens with zero attached hydrogens (tertiary/aromatic N) is 2. The predicted molar refractivity (Wildman–Crippen MR) is 135 cm³/mol. The predicted octanol–water partition coefficient (Wildman–Crippen LogP) is 3.09. The maximum atomic E-state index is 14.6. The SMILES string of the molecule is C=C[C@]12OC[C@@H](O)[C@H]1OC[C@H]2Oc1nc2nc(NCc3c(F)cc(C#CC(C)(C)O)cc3F)c(Cl)cc2[nH]1. The molecule has 4 heterocycles. The second-order valence-electron chi connectivity index (χ2n) is 9.61. The molecule has 0 unspecified atom stereocenters. The number of halogens is 3. The van der Waals surface area contributed by atoms with Crippen molar-refractivity contribution in [3.63, 3.8) is 0 Å². The Kier molecular flexibility index (Phi) is 6.79. The Balaban J connectivity index is 1.32. The Labute approximate surface area is 221 Å². The first-order valence-electron chi connectivity index (χ1n) is 11.8. The maximum Gasteiger partial charge on any atom is 0.296 e. The van der Waals surface area contributed by atoms with Crippen molar-refractivity contribution in [2.75, 3.05) is 18.5 Å². The molecule has 2 aromatic heterocycles. The van der Waals surface area contributed by atoms with E-state index < -0.39 is 41.1 Å². The summed E-state index contributed by atoms with van der Waals surface area (Å²) < 4.78 is 46.7. The van der Waals surface area contributed by atoms with Crippen LogP contribution in [0.25, 0.3) is 11.2 Å². The number of pyridine rings is 1. The number of hydrogen-bond acceptors (Lipinski definition) is 8. The van der Waals surface area contributed by atoms with Crippen LogP contribution in [-0.2, 0) is 16.0 Å². The second-order valence-corrected chi connectivity index (χ2v) is 10.0. The summed E-state index contributed by atoms with van der Waals surface area (Å²) in [5.41, 5.74) is -1.72. The van der Waals surface area contributed by atoms with Crippen molar-refractivity contribution in [2.24, 2.45) is 0 Å². The number of hydrogen-bond donors (Lipinski definition) is 4. The van der Waals surface area contributed by atoms with E-state index in [9.17, 15) is 19.0 Å². The van der Waals surface area contributed by atoms with Crippen LogP contribution < -0.4 is 10.1 Å². The molecule has 2 fully saturated rings. The maximum absolute atomic E-state index is 14.6. The fraction of sp³-hybridized carbons (Fsp3) is 0.385. The molecule has 200 valence electrons. The van der Waals surface area contributed by atoms with Crippen LogP contribution in [-0.4, -0.2) is 67.9 Å². The number of nitrogens with one attached hydrogen (secondary N) is 2. The zero-order valence-electron chi connectivity index (χ0n) is 20.5. The quantitative estimate of drug-likeness (QED) is 0.275. The van der Waals surface area contributed by atoms with Gasteiger partial charge in [0.1, 0.15) is 35.3 Å². The number of benzene rings is 1. The monoisotopic (exact) mass is 546 g/mol. The topological polar surface area (TPSA) is 122 Å². The Hall–Kier alpha value is -3.27. The number of H-pyrrole nitrogens is 1. The van der Waals surface area contributed by atoms with Gasteiger partial charge in [-0.15, -0.1) is 0 Å². The van der Waals surface area contributed by atoms with Crippen LogP contribution in [0.4, 0.5) is 14.6 Å². The number of aromatic nitrogens is 3. The van der Waals surface area contributed by atoms with E-state index in [-0.39, 0.29) is 53.4 Å². The largest absolute Gasteiger partial charge is 0.455 e. The van der Waals surface area contributed by atoms with Crippen molar-refractivity contribution in [2.45, 2.75) is 49.9 Å². The average Bonchev–Trinajstić information content (AvgIpc) is 3.50. The first-order valence-corrected chi connectivity index (χ1v) is 12.1. The minimum atomic E-state index is -1.29. The lowest BCUT2D eigenvalue weighted by atomic mass is 9.92. The normalized spacial score (nSPS) is 24.7. The van der Waals surface area contributed by atoms with Crippen molar-refractivity contribution in [3.05, 3.63) is 58.6 Å². The fourth-order valence-electron chi connectivity index (χ4n) is 4.42. The van der Waals surface area contributed by atoms with Crippen LogP contribution in [0.1, 0.15) is 25.0 Å². The van der Waals surface area contributed by atoms with E-state index in [1.165, 1.54) is 13.8 Å². The highest BCUT2D eigenvalue weighted by Gasteiger charge is 2.59. The van der Waals surface area contributed by atoms with Crippen molar-refractivity contribution in [1.29, 1.82) is 0 Å². The first kappa shape index (κ1) is 26.3. The van der Waals surface area contributed by atoms with Crippen LogP contribution in [0.2, 0.25) is 5.02 Å². The van der Waals surface area contributed by atoms with Gasteiger partial charge in [-0.3, -0.25) is 0 Å². The lowest BCUT2D eigenvalue weighted by Gasteiger charge is -2.28. The molecule has 0 saturated carbocycles. The van der Waals surface area contributed by atoms with Crippen LogP contribution in [0, 0.1) is 23.5 Å². The zero-order chi connectivity index (χ0) is 27.2. The summed E-state index contributed by atoms with van der Waals surface area (Å²) >= 11 is 6.35. The highest BCUT2D eigenvalue weighted by molar-refractivity contribution is 6.33. The third-order valence-electron chi connectivity index (χ3n) is 6.29. The molecule has 2 saturated heterocycles. The number of aliphatic hydroxyl groups excluding tert-OH is 1. The van der Waals surface area contributed by atoms with Crippen molar-refractivity contribution < 1.29 is 33.2 Å². The summed E-state index contributed by atoms with van der Waals surface area (Å²) in [7, 11) is 0. The summed E-state index contributed by atoms with van der Waals surface area (Å²) in [6.45, 7) is 6.77. The summed E-state index contributed by atoms with van der Waals surface area (Å²) in [5, 5.41) is 22.8. The number of aromatic amines is 1. The summed E-state index contributed by atoms with van der Waals surface area (Å²) in [6, 6.07) is 3.87. The summed E-state index contributed by atoms with van der Waals surface area (Å²) in [6.07, 6.45) is -0.437. The third-order valence-corrected chi connectivity index (χ3v) is 6.58. The van der Waals surface area contributed by atoms with Crippen molar-refractivity contribution in [3.8, 4) is 17.9 Å². The molecule has 0 radical (unpaired) electrons. The van der Waals surface area contributed by atoms with Crippen molar-refractivity contribution in [1.82, 2.24) is 15.0 Å². The van der Waals surface area contributed by atoms with Gasteiger partial charge >= 0.3 is 0 Å². The number of ether oxygens (including phenoxy) is 3.